The van der Waals surface area contributed by atoms with Crippen LogP contribution in [0, 0.1) is 5.92 Å². The standard InChI is InChI=1S/C13H15N3O2S/c1-9(2)7-18-11-5-3-4-10(6-11)12(17)15-13-16-14-8-19-13/h3-6,8-9H,7H2,1-2H3,(H,15,16,17). The third kappa shape index (κ3) is 4.03. The molecule has 0 aliphatic carbocycles. The van der Waals surface area contributed by atoms with Crippen LogP contribution in [0.15, 0.2) is 29.8 Å². The number of carbonyl (C=O) groups excluding carboxylic acids is 1. The summed E-state index contributed by atoms with van der Waals surface area (Å²) in [7, 11) is 0. The Balaban J connectivity index is 2.03. The number of carbonyl (C=O) groups is 1. The summed E-state index contributed by atoms with van der Waals surface area (Å²) in [5, 5.41) is 10.6. The average Bonchev–Trinajstić information content (AvgIpc) is 2.89. The Morgan fingerprint density at radius 3 is 3.00 bits per heavy atom. The van der Waals surface area contributed by atoms with Crippen LogP contribution in [-0.4, -0.2) is 22.7 Å². The number of nitrogens with zero attached hydrogens (tertiary/aromatic N) is 2. The lowest BCUT2D eigenvalue weighted by atomic mass is 10.2. The first-order chi connectivity index (χ1) is 9.15. The molecule has 2 rings (SSSR count). The fraction of sp³-hybridized carbons (Fsp3) is 0.308. The Labute approximate surface area is 115 Å². The van der Waals surface area contributed by atoms with Crippen molar-refractivity contribution < 1.29 is 9.53 Å². The summed E-state index contributed by atoms with van der Waals surface area (Å²) in [6.45, 7) is 4.78. The van der Waals surface area contributed by atoms with Crippen LogP contribution in [0.1, 0.15) is 24.2 Å². The van der Waals surface area contributed by atoms with Gasteiger partial charge in [-0.2, -0.15) is 0 Å². The summed E-state index contributed by atoms with van der Waals surface area (Å²) >= 11 is 1.28. The summed E-state index contributed by atoms with van der Waals surface area (Å²) < 4.78 is 5.59. The molecule has 0 saturated heterocycles. The number of amides is 1. The number of rotatable bonds is 5. The van der Waals surface area contributed by atoms with E-state index in [1.165, 1.54) is 11.3 Å². The van der Waals surface area contributed by atoms with Gasteiger partial charge in [0.15, 0.2) is 0 Å². The van der Waals surface area contributed by atoms with Gasteiger partial charge in [0.25, 0.3) is 5.91 Å². The van der Waals surface area contributed by atoms with Crippen molar-refractivity contribution in [3.8, 4) is 5.75 Å². The van der Waals surface area contributed by atoms with E-state index in [-0.39, 0.29) is 5.91 Å². The maximum absolute atomic E-state index is 12.0. The zero-order chi connectivity index (χ0) is 13.7. The lowest BCUT2D eigenvalue weighted by Crippen LogP contribution is -2.12. The second-order valence-electron chi connectivity index (χ2n) is 4.43. The van der Waals surface area contributed by atoms with Crippen LogP contribution in [0.3, 0.4) is 0 Å². The topological polar surface area (TPSA) is 64.1 Å². The van der Waals surface area contributed by atoms with E-state index in [9.17, 15) is 4.79 Å². The normalized spacial score (nSPS) is 10.5. The molecule has 1 amide bonds. The molecule has 100 valence electrons. The first-order valence-electron chi connectivity index (χ1n) is 5.95. The highest BCUT2D eigenvalue weighted by Crippen LogP contribution is 2.16. The molecule has 0 spiro atoms. The fourth-order valence-corrected chi connectivity index (χ4v) is 1.83. The van der Waals surface area contributed by atoms with Crippen molar-refractivity contribution in [3.05, 3.63) is 35.3 Å². The van der Waals surface area contributed by atoms with Crippen molar-refractivity contribution in [1.82, 2.24) is 10.2 Å². The van der Waals surface area contributed by atoms with Gasteiger partial charge in [0.2, 0.25) is 5.13 Å². The summed E-state index contributed by atoms with van der Waals surface area (Å²) in [6.07, 6.45) is 0. The van der Waals surface area contributed by atoms with Crippen LogP contribution in [0.2, 0.25) is 0 Å². The minimum Gasteiger partial charge on any atom is -0.493 e. The van der Waals surface area contributed by atoms with E-state index in [1.54, 1.807) is 23.7 Å². The third-order valence-corrected chi connectivity index (χ3v) is 2.87. The van der Waals surface area contributed by atoms with Crippen LogP contribution < -0.4 is 10.1 Å². The summed E-state index contributed by atoms with van der Waals surface area (Å²) in [6, 6.07) is 7.09. The maximum atomic E-state index is 12.0. The molecule has 0 radical (unpaired) electrons. The highest BCUT2D eigenvalue weighted by molar-refractivity contribution is 7.13. The molecule has 0 fully saturated rings. The molecule has 1 heterocycles. The van der Waals surface area contributed by atoms with Gasteiger partial charge < -0.3 is 4.74 Å². The number of anilines is 1. The van der Waals surface area contributed by atoms with Gasteiger partial charge in [-0.05, 0) is 24.1 Å². The van der Waals surface area contributed by atoms with E-state index in [0.717, 1.165) is 0 Å². The molecule has 6 heteroatoms. The number of benzene rings is 1. The van der Waals surface area contributed by atoms with Crippen molar-refractivity contribution in [2.45, 2.75) is 13.8 Å². The molecule has 0 atom stereocenters. The SMILES string of the molecule is CC(C)COc1cccc(C(=O)Nc2nncs2)c1. The van der Waals surface area contributed by atoms with Gasteiger partial charge in [-0.15, -0.1) is 10.2 Å². The predicted molar refractivity (Wildman–Crippen MR) is 74.6 cm³/mol. The van der Waals surface area contributed by atoms with E-state index in [1.807, 2.05) is 6.07 Å². The van der Waals surface area contributed by atoms with Crippen molar-refractivity contribution in [3.63, 3.8) is 0 Å². The maximum Gasteiger partial charge on any atom is 0.257 e. The highest BCUT2D eigenvalue weighted by Gasteiger charge is 2.09. The van der Waals surface area contributed by atoms with Gasteiger partial charge in [0.05, 0.1) is 6.61 Å². The molecule has 0 aliphatic rings. The van der Waals surface area contributed by atoms with Crippen LogP contribution in [0.25, 0.3) is 0 Å². The van der Waals surface area contributed by atoms with Gasteiger partial charge in [-0.25, -0.2) is 0 Å². The lowest BCUT2D eigenvalue weighted by Gasteiger charge is -2.09. The molecule has 0 bridgehead atoms. The van der Waals surface area contributed by atoms with Crippen LogP contribution in [-0.2, 0) is 0 Å². The Morgan fingerprint density at radius 2 is 2.32 bits per heavy atom. The molecule has 0 unspecified atom stereocenters. The van der Waals surface area contributed by atoms with Crippen molar-refractivity contribution in [2.24, 2.45) is 5.92 Å². The summed E-state index contributed by atoms with van der Waals surface area (Å²) in [4.78, 5) is 12.0. The number of hydrogen-bond donors (Lipinski definition) is 1. The zero-order valence-corrected chi connectivity index (χ0v) is 11.6. The molecule has 0 aliphatic heterocycles. The minimum absolute atomic E-state index is 0.216. The number of ether oxygens (including phenoxy) is 1. The lowest BCUT2D eigenvalue weighted by molar-refractivity contribution is 0.102. The largest absolute Gasteiger partial charge is 0.493 e. The molecule has 5 nitrogen and oxygen atoms in total. The fourth-order valence-electron chi connectivity index (χ4n) is 1.39. The predicted octanol–water partition coefficient (Wildman–Crippen LogP) is 2.83. The number of nitrogens with one attached hydrogen (secondary N) is 1. The minimum atomic E-state index is -0.216. The smallest absolute Gasteiger partial charge is 0.257 e. The highest BCUT2D eigenvalue weighted by atomic mass is 32.1. The van der Waals surface area contributed by atoms with Gasteiger partial charge in [0, 0.05) is 5.56 Å². The van der Waals surface area contributed by atoms with Gasteiger partial charge in [0.1, 0.15) is 11.3 Å². The third-order valence-electron chi connectivity index (χ3n) is 2.26. The number of aromatic nitrogens is 2. The number of hydrogen-bond acceptors (Lipinski definition) is 5. The molecular weight excluding hydrogens is 262 g/mol. The van der Waals surface area contributed by atoms with Crippen LogP contribution >= 0.6 is 11.3 Å². The second kappa shape index (κ2) is 6.29. The van der Waals surface area contributed by atoms with E-state index < -0.39 is 0 Å². The Hall–Kier alpha value is -1.95. The van der Waals surface area contributed by atoms with E-state index in [2.05, 4.69) is 29.4 Å². The second-order valence-corrected chi connectivity index (χ2v) is 5.26. The molecule has 2 aromatic rings. The van der Waals surface area contributed by atoms with Gasteiger partial charge in [-0.3, -0.25) is 10.1 Å². The Morgan fingerprint density at radius 1 is 1.47 bits per heavy atom. The van der Waals surface area contributed by atoms with Crippen molar-refractivity contribution in [1.29, 1.82) is 0 Å². The van der Waals surface area contributed by atoms with Crippen LogP contribution in [0.5, 0.6) is 5.75 Å². The summed E-state index contributed by atoms with van der Waals surface area (Å²) in [5.74, 6) is 0.921. The summed E-state index contributed by atoms with van der Waals surface area (Å²) in [5.41, 5.74) is 2.11. The molecule has 1 N–H and O–H groups in total. The van der Waals surface area contributed by atoms with Crippen LogP contribution in [0.4, 0.5) is 5.13 Å². The monoisotopic (exact) mass is 277 g/mol. The molecule has 1 aromatic heterocycles. The zero-order valence-electron chi connectivity index (χ0n) is 10.8. The molecule has 19 heavy (non-hydrogen) atoms. The molecule has 0 saturated carbocycles. The van der Waals surface area contributed by atoms with Crippen molar-refractivity contribution >= 4 is 22.4 Å². The molecule has 1 aromatic carbocycles. The average molecular weight is 277 g/mol. The van der Waals surface area contributed by atoms with E-state index in [0.29, 0.717) is 29.0 Å². The van der Waals surface area contributed by atoms with E-state index in [4.69, 9.17) is 4.74 Å². The van der Waals surface area contributed by atoms with Gasteiger partial charge in [-0.1, -0.05) is 31.3 Å². The first kappa shape index (κ1) is 13.5. The Bertz CT molecular complexity index is 541. The Kier molecular flexibility index (Phi) is 4.46. The van der Waals surface area contributed by atoms with Gasteiger partial charge >= 0.3 is 0 Å². The van der Waals surface area contributed by atoms with E-state index >= 15 is 0 Å². The quantitative estimate of drug-likeness (QED) is 0.912. The van der Waals surface area contributed by atoms with Crippen molar-refractivity contribution in [2.75, 3.05) is 11.9 Å². The first-order valence-corrected chi connectivity index (χ1v) is 6.83. The molecular formula is C13H15N3O2S.